The van der Waals surface area contributed by atoms with Crippen LogP contribution in [0.3, 0.4) is 0 Å². The number of amides is 2. The van der Waals surface area contributed by atoms with Crippen LogP contribution < -0.4 is 5.32 Å². The molecule has 6 heteroatoms. The molecule has 0 fully saturated rings. The minimum absolute atomic E-state index is 0.352. The molecule has 1 atom stereocenters. The second kappa shape index (κ2) is 7.82. The summed E-state index contributed by atoms with van der Waals surface area (Å²) in [5, 5.41) is 2.70. The molecule has 130 valence electrons. The van der Waals surface area contributed by atoms with E-state index < -0.39 is 17.7 Å². The van der Waals surface area contributed by atoms with Crippen LogP contribution in [-0.2, 0) is 9.53 Å². The van der Waals surface area contributed by atoms with Crippen molar-refractivity contribution in [1.82, 2.24) is 9.88 Å². The Labute approximate surface area is 143 Å². The predicted molar refractivity (Wildman–Crippen MR) is 93.6 cm³/mol. The van der Waals surface area contributed by atoms with Crippen molar-refractivity contribution in [3.8, 4) is 11.8 Å². The van der Waals surface area contributed by atoms with Crippen molar-refractivity contribution in [2.75, 3.05) is 12.4 Å². The number of nitrogens with zero attached hydrogens (tertiary/aromatic N) is 2. The third kappa shape index (κ3) is 5.58. The molecule has 1 N–H and O–H groups in total. The fourth-order valence-electron chi connectivity index (χ4n) is 1.74. The summed E-state index contributed by atoms with van der Waals surface area (Å²) in [6.45, 7) is 10.6. The molecular formula is C18H25N3O3. The molecule has 0 aliphatic heterocycles. The topological polar surface area (TPSA) is 71.5 Å². The van der Waals surface area contributed by atoms with E-state index in [1.807, 2.05) is 13.0 Å². The van der Waals surface area contributed by atoms with Crippen LogP contribution in [0.1, 0.15) is 45.9 Å². The summed E-state index contributed by atoms with van der Waals surface area (Å²) in [6, 6.07) is 2.84. The average molecular weight is 331 g/mol. The van der Waals surface area contributed by atoms with Crippen LogP contribution in [0, 0.1) is 18.8 Å². The number of aryl methyl sites for hydroxylation is 1. The molecule has 0 bridgehead atoms. The van der Waals surface area contributed by atoms with Gasteiger partial charge in [-0.2, -0.15) is 0 Å². The highest BCUT2D eigenvalue weighted by molar-refractivity contribution is 5.95. The van der Waals surface area contributed by atoms with E-state index >= 15 is 0 Å². The van der Waals surface area contributed by atoms with Gasteiger partial charge in [-0.05, 0) is 59.1 Å². The van der Waals surface area contributed by atoms with Crippen molar-refractivity contribution < 1.29 is 14.3 Å². The quantitative estimate of drug-likeness (QED) is 0.865. The maximum absolute atomic E-state index is 12.3. The van der Waals surface area contributed by atoms with Crippen molar-refractivity contribution in [3.63, 3.8) is 0 Å². The third-order valence-electron chi connectivity index (χ3n) is 3.23. The average Bonchev–Trinajstić information content (AvgIpc) is 2.47. The molecule has 2 amide bonds. The number of hydrogen-bond donors (Lipinski definition) is 1. The molecule has 0 aliphatic carbocycles. The summed E-state index contributed by atoms with van der Waals surface area (Å²) in [5.74, 6) is 5.72. The van der Waals surface area contributed by atoms with Gasteiger partial charge in [-0.3, -0.25) is 9.69 Å². The minimum Gasteiger partial charge on any atom is -0.444 e. The Morgan fingerprint density at radius 2 is 1.96 bits per heavy atom. The second-order valence-electron chi connectivity index (χ2n) is 6.49. The van der Waals surface area contributed by atoms with E-state index in [1.165, 1.54) is 11.9 Å². The normalized spacial score (nSPS) is 11.8. The Balaban J connectivity index is 2.81. The van der Waals surface area contributed by atoms with Gasteiger partial charge in [0.1, 0.15) is 23.2 Å². The van der Waals surface area contributed by atoms with Gasteiger partial charge in [0.2, 0.25) is 5.91 Å². The predicted octanol–water partition coefficient (Wildman–Crippen LogP) is 2.96. The molecule has 0 saturated heterocycles. The zero-order valence-electron chi connectivity index (χ0n) is 15.4. The van der Waals surface area contributed by atoms with Crippen LogP contribution in [-0.4, -0.2) is 40.6 Å². The Bertz CT molecular complexity index is 681. The van der Waals surface area contributed by atoms with Crippen LogP contribution in [0.5, 0.6) is 0 Å². The number of anilines is 1. The monoisotopic (exact) mass is 331 g/mol. The van der Waals surface area contributed by atoms with Crippen LogP contribution in [0.2, 0.25) is 0 Å². The number of nitrogens with one attached hydrogen (secondary N) is 1. The lowest BCUT2D eigenvalue weighted by atomic mass is 10.2. The van der Waals surface area contributed by atoms with Gasteiger partial charge < -0.3 is 10.1 Å². The largest absolute Gasteiger partial charge is 0.444 e. The van der Waals surface area contributed by atoms with E-state index in [0.29, 0.717) is 11.5 Å². The highest BCUT2D eigenvalue weighted by Gasteiger charge is 2.27. The second-order valence-corrected chi connectivity index (χ2v) is 6.49. The van der Waals surface area contributed by atoms with Gasteiger partial charge in [-0.15, -0.1) is 0 Å². The first kappa shape index (κ1) is 19.5. The lowest BCUT2D eigenvalue weighted by Gasteiger charge is -2.28. The van der Waals surface area contributed by atoms with Crippen molar-refractivity contribution in [2.45, 2.75) is 53.2 Å². The van der Waals surface area contributed by atoms with E-state index in [9.17, 15) is 9.59 Å². The van der Waals surface area contributed by atoms with Gasteiger partial charge in [0, 0.05) is 7.05 Å². The number of hydrogen-bond acceptors (Lipinski definition) is 4. The third-order valence-corrected chi connectivity index (χ3v) is 3.23. The van der Waals surface area contributed by atoms with E-state index in [-0.39, 0.29) is 5.91 Å². The smallest absolute Gasteiger partial charge is 0.410 e. The molecule has 1 heterocycles. The highest BCUT2D eigenvalue weighted by Crippen LogP contribution is 2.13. The summed E-state index contributed by atoms with van der Waals surface area (Å²) in [7, 11) is 1.52. The molecule has 0 radical (unpaired) electrons. The van der Waals surface area contributed by atoms with Gasteiger partial charge in [0.25, 0.3) is 0 Å². The van der Waals surface area contributed by atoms with Gasteiger partial charge in [-0.1, -0.05) is 12.0 Å². The van der Waals surface area contributed by atoms with Crippen molar-refractivity contribution in [2.24, 2.45) is 0 Å². The lowest BCUT2D eigenvalue weighted by molar-refractivity contribution is -0.120. The van der Waals surface area contributed by atoms with E-state index in [0.717, 1.165) is 5.56 Å². The zero-order valence-corrected chi connectivity index (χ0v) is 15.4. The van der Waals surface area contributed by atoms with Gasteiger partial charge in [-0.25, -0.2) is 9.78 Å². The SMILES string of the molecule is CC#Cc1nc(NC(=O)C(C)N(C)C(=O)OC(C)(C)C)ccc1C. The zero-order chi connectivity index (χ0) is 18.5. The fourth-order valence-corrected chi connectivity index (χ4v) is 1.74. The Kier molecular flexibility index (Phi) is 6.35. The van der Waals surface area contributed by atoms with Crippen molar-refractivity contribution in [3.05, 3.63) is 23.4 Å². The number of ether oxygens (including phenoxy) is 1. The van der Waals surface area contributed by atoms with Crippen molar-refractivity contribution >= 4 is 17.8 Å². The molecule has 1 aromatic rings. The van der Waals surface area contributed by atoms with Crippen LogP contribution in [0.15, 0.2) is 12.1 Å². The number of carbonyl (C=O) groups is 2. The Hall–Kier alpha value is -2.55. The Morgan fingerprint density at radius 1 is 1.33 bits per heavy atom. The number of pyridine rings is 1. The highest BCUT2D eigenvalue weighted by atomic mass is 16.6. The summed E-state index contributed by atoms with van der Waals surface area (Å²) < 4.78 is 5.26. The minimum atomic E-state index is -0.705. The Morgan fingerprint density at radius 3 is 2.50 bits per heavy atom. The van der Waals surface area contributed by atoms with Gasteiger partial charge in [0.15, 0.2) is 0 Å². The van der Waals surface area contributed by atoms with Crippen LogP contribution in [0.25, 0.3) is 0 Å². The summed E-state index contributed by atoms with van der Waals surface area (Å²) in [6.07, 6.45) is -0.556. The van der Waals surface area contributed by atoms with Gasteiger partial charge in [0.05, 0.1) is 0 Å². The number of likely N-dealkylation sites (N-methyl/N-ethyl adjacent to an activating group) is 1. The van der Waals surface area contributed by atoms with E-state index in [2.05, 4.69) is 22.1 Å². The molecular weight excluding hydrogens is 306 g/mol. The molecule has 0 spiro atoms. The summed E-state index contributed by atoms with van der Waals surface area (Å²) in [4.78, 5) is 29.9. The standard InChI is InChI=1S/C18H25N3O3/c1-8-9-14-12(2)10-11-15(19-14)20-16(22)13(3)21(7)17(23)24-18(4,5)6/h10-11,13H,1-7H3,(H,19,20,22). The number of rotatable bonds is 3. The maximum Gasteiger partial charge on any atom is 0.410 e. The number of aromatic nitrogens is 1. The first-order valence-electron chi connectivity index (χ1n) is 7.72. The van der Waals surface area contributed by atoms with E-state index in [1.54, 1.807) is 40.7 Å². The fraction of sp³-hybridized carbons (Fsp3) is 0.500. The molecule has 6 nitrogen and oxygen atoms in total. The van der Waals surface area contributed by atoms with Crippen LogP contribution in [0.4, 0.5) is 10.6 Å². The first-order valence-corrected chi connectivity index (χ1v) is 7.72. The summed E-state index contributed by atoms with van der Waals surface area (Å²) in [5.41, 5.74) is 0.929. The molecule has 24 heavy (non-hydrogen) atoms. The van der Waals surface area contributed by atoms with Crippen molar-refractivity contribution in [1.29, 1.82) is 0 Å². The molecule has 1 aromatic heterocycles. The molecule has 1 rings (SSSR count). The number of carbonyl (C=O) groups excluding carboxylic acids is 2. The lowest BCUT2D eigenvalue weighted by Crippen LogP contribution is -2.45. The molecule has 0 aromatic carbocycles. The first-order chi connectivity index (χ1) is 11.0. The maximum atomic E-state index is 12.3. The van der Waals surface area contributed by atoms with E-state index in [4.69, 9.17) is 4.74 Å². The van der Waals surface area contributed by atoms with Crippen LogP contribution >= 0.6 is 0 Å². The summed E-state index contributed by atoms with van der Waals surface area (Å²) >= 11 is 0. The molecule has 1 unspecified atom stereocenters. The molecule has 0 aliphatic rings. The molecule has 0 saturated carbocycles. The van der Waals surface area contributed by atoms with Gasteiger partial charge >= 0.3 is 6.09 Å².